The van der Waals surface area contributed by atoms with Gasteiger partial charge in [0.25, 0.3) is 5.88 Å². The average Bonchev–Trinajstić information content (AvgIpc) is 2.31. The Labute approximate surface area is 106 Å². The van der Waals surface area contributed by atoms with Crippen LogP contribution in [0.1, 0.15) is 30.9 Å². The summed E-state index contributed by atoms with van der Waals surface area (Å²) in [6.07, 6.45) is 3.15. The molecular formula is C12H19F2N3O. The highest BCUT2D eigenvalue weighted by molar-refractivity contribution is 5.35. The third-order valence-electron chi connectivity index (χ3n) is 2.92. The second-order valence-corrected chi connectivity index (χ2v) is 4.25. The maximum absolute atomic E-state index is 13.9. The highest BCUT2D eigenvalue weighted by Gasteiger charge is 2.27. The molecule has 18 heavy (non-hydrogen) atoms. The predicted molar refractivity (Wildman–Crippen MR) is 66.5 cm³/mol. The Hall–Kier alpha value is -1.46. The van der Waals surface area contributed by atoms with Crippen molar-refractivity contribution in [2.45, 2.75) is 25.2 Å². The molecule has 1 aliphatic carbocycles. The number of anilines is 1. The molecule has 1 saturated carbocycles. The second kappa shape index (κ2) is 6.47. The van der Waals surface area contributed by atoms with E-state index >= 15 is 0 Å². The molecule has 0 amide bonds. The van der Waals surface area contributed by atoms with Crippen LogP contribution in [-0.2, 0) is 0 Å². The summed E-state index contributed by atoms with van der Waals surface area (Å²) in [5.41, 5.74) is 0.502. The first kappa shape index (κ1) is 14.6. The Morgan fingerprint density at radius 3 is 2.22 bits per heavy atom. The van der Waals surface area contributed by atoms with E-state index in [1.807, 2.05) is 14.1 Å². The zero-order chi connectivity index (χ0) is 13.7. The maximum atomic E-state index is 13.9. The van der Waals surface area contributed by atoms with Crippen LogP contribution < -0.4 is 9.64 Å². The smallest absolute Gasteiger partial charge is 0.255 e. The van der Waals surface area contributed by atoms with Gasteiger partial charge in [0.1, 0.15) is 0 Å². The van der Waals surface area contributed by atoms with Gasteiger partial charge in [-0.2, -0.15) is 9.37 Å². The average molecular weight is 259 g/mol. The van der Waals surface area contributed by atoms with E-state index < -0.39 is 5.82 Å². The fourth-order valence-electron chi connectivity index (χ4n) is 1.72. The first-order valence-electron chi connectivity index (χ1n) is 5.80. The van der Waals surface area contributed by atoms with E-state index in [0.717, 1.165) is 19.3 Å². The molecule has 1 fully saturated rings. The summed E-state index contributed by atoms with van der Waals surface area (Å²) in [4.78, 5) is 10.0. The number of alkyl halides is 1. The van der Waals surface area contributed by atoms with E-state index in [9.17, 15) is 8.78 Å². The summed E-state index contributed by atoms with van der Waals surface area (Å²) >= 11 is 0. The van der Waals surface area contributed by atoms with Crippen molar-refractivity contribution in [1.29, 1.82) is 0 Å². The first-order chi connectivity index (χ1) is 8.63. The van der Waals surface area contributed by atoms with Crippen molar-refractivity contribution < 1.29 is 13.5 Å². The fraction of sp³-hybridized carbons (Fsp3) is 0.667. The lowest BCUT2D eigenvalue weighted by Crippen LogP contribution is -2.19. The molecule has 0 radical (unpaired) electrons. The van der Waals surface area contributed by atoms with Gasteiger partial charge in [-0.25, -0.2) is 4.98 Å². The van der Waals surface area contributed by atoms with Crippen molar-refractivity contribution in [3.8, 4) is 5.88 Å². The van der Waals surface area contributed by atoms with Crippen LogP contribution in [0.3, 0.4) is 0 Å². The molecule has 102 valence electrons. The molecule has 0 aromatic carbocycles. The Morgan fingerprint density at radius 2 is 1.83 bits per heavy atom. The first-order valence-corrected chi connectivity index (χ1v) is 5.80. The highest BCUT2D eigenvalue weighted by atomic mass is 19.1. The van der Waals surface area contributed by atoms with E-state index in [4.69, 9.17) is 4.74 Å². The number of aromatic nitrogens is 2. The molecule has 1 aromatic rings. The van der Waals surface area contributed by atoms with Crippen LogP contribution in [0.15, 0.2) is 0 Å². The largest absolute Gasteiger partial charge is 0.479 e. The molecule has 0 unspecified atom stereocenters. The number of methoxy groups -OCH3 is 1. The van der Waals surface area contributed by atoms with Gasteiger partial charge < -0.3 is 9.64 Å². The van der Waals surface area contributed by atoms with Crippen LogP contribution in [-0.4, -0.2) is 38.4 Å². The normalized spacial score (nSPS) is 14.3. The second-order valence-electron chi connectivity index (χ2n) is 4.25. The minimum atomic E-state index is -0.405. The SMILES string of the molecule is CF.COc1nc(N(C)C)nc(C2CCC2)c1F. The van der Waals surface area contributed by atoms with Crippen molar-refractivity contribution in [3.05, 3.63) is 11.5 Å². The minimum absolute atomic E-state index is 0.0422. The van der Waals surface area contributed by atoms with E-state index in [2.05, 4.69) is 9.97 Å². The van der Waals surface area contributed by atoms with Crippen molar-refractivity contribution >= 4 is 5.95 Å². The molecule has 0 saturated heterocycles. The lowest BCUT2D eigenvalue weighted by molar-refractivity contribution is 0.345. The molecule has 0 N–H and O–H groups in total. The third kappa shape index (κ3) is 2.86. The lowest BCUT2D eigenvalue weighted by atomic mass is 9.82. The molecule has 2 rings (SSSR count). The van der Waals surface area contributed by atoms with Gasteiger partial charge in [-0.05, 0) is 12.8 Å². The minimum Gasteiger partial charge on any atom is -0.479 e. The molecule has 0 spiro atoms. The molecule has 4 nitrogen and oxygen atoms in total. The van der Waals surface area contributed by atoms with Crippen LogP contribution >= 0.6 is 0 Å². The Balaban J connectivity index is 0.000000771. The summed E-state index contributed by atoms with van der Waals surface area (Å²) in [5.74, 6) is 0.370. The van der Waals surface area contributed by atoms with Gasteiger partial charge in [0.15, 0.2) is 0 Å². The van der Waals surface area contributed by atoms with Crippen LogP contribution in [0.25, 0.3) is 0 Å². The summed E-state index contributed by atoms with van der Waals surface area (Å²) in [5, 5.41) is 0. The Morgan fingerprint density at radius 1 is 1.22 bits per heavy atom. The van der Waals surface area contributed by atoms with Crippen molar-refractivity contribution in [1.82, 2.24) is 9.97 Å². The van der Waals surface area contributed by atoms with Crippen LogP contribution in [0.5, 0.6) is 5.88 Å². The number of rotatable bonds is 3. The molecule has 0 bridgehead atoms. The third-order valence-corrected chi connectivity index (χ3v) is 2.92. The molecule has 6 heteroatoms. The number of ether oxygens (including phenoxy) is 1. The monoisotopic (exact) mass is 259 g/mol. The van der Waals surface area contributed by atoms with Gasteiger partial charge in [0, 0.05) is 20.0 Å². The zero-order valence-electron chi connectivity index (χ0n) is 11.2. The number of halogens is 2. The zero-order valence-corrected chi connectivity index (χ0v) is 11.2. The standard InChI is InChI=1S/C11H16FN3O.CH3F/c1-15(2)11-13-9(7-5-4-6-7)8(12)10(14-11)16-3;1-2/h7H,4-6H2,1-3H3;1H3. The molecule has 1 aromatic heterocycles. The van der Waals surface area contributed by atoms with Crippen LogP contribution in [0.4, 0.5) is 14.7 Å². The van der Waals surface area contributed by atoms with Crippen LogP contribution in [0, 0.1) is 5.82 Å². The van der Waals surface area contributed by atoms with Gasteiger partial charge in [-0.15, -0.1) is 0 Å². The Kier molecular flexibility index (Phi) is 5.25. The van der Waals surface area contributed by atoms with Crippen molar-refractivity contribution in [3.63, 3.8) is 0 Å². The molecule has 0 atom stereocenters. The molecule has 1 heterocycles. The molecule has 1 aliphatic rings. The topological polar surface area (TPSA) is 38.2 Å². The number of nitrogens with zero attached hydrogens (tertiary/aromatic N) is 3. The summed E-state index contributed by atoms with van der Waals surface area (Å²) in [6.45, 7) is 0. The van der Waals surface area contributed by atoms with Crippen LogP contribution in [0.2, 0.25) is 0 Å². The van der Waals surface area contributed by atoms with Gasteiger partial charge in [-0.1, -0.05) is 6.42 Å². The van der Waals surface area contributed by atoms with Crippen molar-refractivity contribution in [2.75, 3.05) is 33.3 Å². The van der Waals surface area contributed by atoms with E-state index in [-0.39, 0.29) is 11.8 Å². The summed E-state index contributed by atoms with van der Waals surface area (Å²) < 4.78 is 28.4. The number of hydrogen-bond acceptors (Lipinski definition) is 4. The number of hydrogen-bond donors (Lipinski definition) is 0. The summed E-state index contributed by atoms with van der Waals surface area (Å²) in [7, 11) is 5.59. The van der Waals surface area contributed by atoms with E-state index in [0.29, 0.717) is 18.8 Å². The van der Waals surface area contributed by atoms with Gasteiger partial charge in [-0.3, -0.25) is 4.39 Å². The van der Waals surface area contributed by atoms with Gasteiger partial charge in [0.05, 0.1) is 20.0 Å². The van der Waals surface area contributed by atoms with Gasteiger partial charge in [0.2, 0.25) is 11.8 Å². The fourth-order valence-corrected chi connectivity index (χ4v) is 1.72. The van der Waals surface area contributed by atoms with Crippen molar-refractivity contribution in [2.24, 2.45) is 0 Å². The van der Waals surface area contributed by atoms with E-state index in [1.54, 1.807) is 4.90 Å². The van der Waals surface area contributed by atoms with E-state index in [1.165, 1.54) is 7.11 Å². The Bertz CT molecular complexity index is 395. The quantitative estimate of drug-likeness (QED) is 0.836. The summed E-state index contributed by atoms with van der Waals surface area (Å²) in [6, 6.07) is 0. The maximum Gasteiger partial charge on any atom is 0.255 e. The predicted octanol–water partition coefficient (Wildman–Crippen LogP) is 2.54. The molecular weight excluding hydrogens is 240 g/mol. The van der Waals surface area contributed by atoms with Gasteiger partial charge >= 0.3 is 0 Å². The molecule has 0 aliphatic heterocycles. The lowest BCUT2D eigenvalue weighted by Gasteiger charge is -2.26. The highest BCUT2D eigenvalue weighted by Crippen LogP contribution is 2.38.